The first-order valence-electron chi connectivity index (χ1n) is 35.1. The van der Waals surface area contributed by atoms with E-state index in [4.69, 9.17) is 14.2 Å². The van der Waals surface area contributed by atoms with E-state index >= 15 is 0 Å². The zero-order valence-corrected chi connectivity index (χ0v) is 53.8. The molecule has 0 saturated heterocycles. The molecule has 0 aliphatic carbocycles. The third-order valence-corrected chi connectivity index (χ3v) is 15.4. The molecule has 6 heteroatoms. The Morgan fingerprint density at radius 3 is 0.765 bits per heavy atom. The lowest BCUT2D eigenvalue weighted by Gasteiger charge is -2.18. The van der Waals surface area contributed by atoms with Crippen LogP contribution in [0.25, 0.3) is 0 Å². The van der Waals surface area contributed by atoms with Crippen LogP contribution in [-0.4, -0.2) is 37.2 Å². The lowest BCUT2D eigenvalue weighted by molar-refractivity contribution is -0.167. The largest absolute Gasteiger partial charge is 0.462 e. The number of carbonyl (C=O) groups is 3. The van der Waals surface area contributed by atoms with Crippen LogP contribution in [0.4, 0.5) is 0 Å². The third-order valence-electron chi connectivity index (χ3n) is 15.4. The summed E-state index contributed by atoms with van der Waals surface area (Å²) >= 11 is 0. The van der Waals surface area contributed by atoms with Gasteiger partial charge < -0.3 is 14.2 Å². The highest BCUT2D eigenvalue weighted by molar-refractivity contribution is 5.71. The fourth-order valence-electron chi connectivity index (χ4n) is 10.2. The van der Waals surface area contributed by atoms with Crippen LogP contribution in [0.3, 0.4) is 0 Å². The number of carbonyl (C=O) groups excluding carboxylic acids is 3. The SMILES string of the molecule is CC/C=C\C/C=C\C/C=C\C/C=C\C/C=C\C/C=C\CCCCCCC(=O)OCC(COC(=O)CCCCCCCCCCC/C=C\CCCCCCCC)OC(=O)CCCCCCCCCCCCCCCCCCCCCCC. The highest BCUT2D eigenvalue weighted by atomic mass is 16.6. The lowest BCUT2D eigenvalue weighted by atomic mass is 10.0. The Morgan fingerprint density at radius 1 is 0.259 bits per heavy atom. The number of allylic oxidation sites excluding steroid dienone is 14. The molecule has 468 valence electrons. The van der Waals surface area contributed by atoms with E-state index in [0.29, 0.717) is 19.3 Å². The van der Waals surface area contributed by atoms with Crippen LogP contribution >= 0.6 is 0 Å². The van der Waals surface area contributed by atoms with Crippen LogP contribution < -0.4 is 0 Å². The molecule has 0 rings (SSSR count). The van der Waals surface area contributed by atoms with Gasteiger partial charge in [-0.1, -0.05) is 324 Å². The normalized spacial score (nSPS) is 12.6. The van der Waals surface area contributed by atoms with Crippen molar-refractivity contribution < 1.29 is 28.6 Å². The summed E-state index contributed by atoms with van der Waals surface area (Å²) in [7, 11) is 0. The molecule has 0 aromatic heterocycles. The minimum absolute atomic E-state index is 0.0827. The minimum Gasteiger partial charge on any atom is -0.462 e. The van der Waals surface area contributed by atoms with Gasteiger partial charge in [0.25, 0.3) is 0 Å². The lowest BCUT2D eigenvalue weighted by Crippen LogP contribution is -2.30. The second-order valence-electron chi connectivity index (χ2n) is 23.4. The van der Waals surface area contributed by atoms with Gasteiger partial charge in [-0.2, -0.15) is 0 Å². The fourth-order valence-corrected chi connectivity index (χ4v) is 10.2. The molecule has 0 bridgehead atoms. The standard InChI is InChI=1S/C75H132O6/c1-4-7-10-13-16-19-22-25-28-31-34-36-37-39-41-44-47-50-53-56-59-62-65-68-74(77)80-71-72(70-79-73(76)67-64-61-58-55-52-49-46-43-40-33-30-27-24-21-18-15-12-9-6-3)81-75(78)69-66-63-60-57-54-51-48-45-42-38-35-32-29-26-23-20-17-14-11-8-5-2/h7,10,16,19,25,27-28,30,34,36,39,41,47,50,72H,4-6,8-9,11-15,17-18,20-24,26,29,31-33,35,37-38,40,42-46,48-49,51-71H2,1-3H3/b10-7-,19-16-,28-25-,30-27-,36-34-,41-39-,50-47-. The maximum atomic E-state index is 13.0. The van der Waals surface area contributed by atoms with Gasteiger partial charge in [-0.3, -0.25) is 14.4 Å². The van der Waals surface area contributed by atoms with E-state index in [1.54, 1.807) is 0 Å². The predicted molar refractivity (Wildman–Crippen MR) is 353 cm³/mol. The molecule has 0 aromatic carbocycles. The number of ether oxygens (including phenoxy) is 3. The van der Waals surface area contributed by atoms with Gasteiger partial charge in [0.1, 0.15) is 13.2 Å². The van der Waals surface area contributed by atoms with Crippen LogP contribution in [0.15, 0.2) is 85.1 Å². The Hall–Kier alpha value is -3.41. The molecule has 0 aliphatic rings. The maximum Gasteiger partial charge on any atom is 0.306 e. The number of esters is 3. The van der Waals surface area contributed by atoms with Crippen molar-refractivity contribution in [2.45, 2.75) is 361 Å². The molecule has 0 aliphatic heterocycles. The van der Waals surface area contributed by atoms with Crippen molar-refractivity contribution in [3.8, 4) is 0 Å². The molecule has 0 heterocycles. The summed E-state index contributed by atoms with van der Waals surface area (Å²) in [6.07, 6.45) is 91.7. The van der Waals surface area contributed by atoms with Crippen molar-refractivity contribution in [1.29, 1.82) is 0 Å². The van der Waals surface area contributed by atoms with E-state index in [-0.39, 0.29) is 31.1 Å². The number of unbranched alkanes of at least 4 members (excludes halogenated alkanes) is 39. The molecule has 81 heavy (non-hydrogen) atoms. The summed E-state index contributed by atoms with van der Waals surface area (Å²) < 4.78 is 17.0. The number of rotatable bonds is 64. The first-order valence-corrected chi connectivity index (χ1v) is 35.1. The predicted octanol–water partition coefficient (Wildman–Crippen LogP) is 24.2. The van der Waals surface area contributed by atoms with Crippen molar-refractivity contribution in [2.75, 3.05) is 13.2 Å². The van der Waals surface area contributed by atoms with Crippen LogP contribution in [0.2, 0.25) is 0 Å². The molecular formula is C75H132O6. The van der Waals surface area contributed by atoms with Gasteiger partial charge in [0.15, 0.2) is 6.10 Å². The molecule has 0 spiro atoms. The molecule has 0 radical (unpaired) electrons. The Balaban J connectivity index is 4.41. The molecule has 0 saturated carbocycles. The van der Waals surface area contributed by atoms with Gasteiger partial charge >= 0.3 is 17.9 Å². The number of hydrogen-bond donors (Lipinski definition) is 0. The molecule has 0 aromatic rings. The maximum absolute atomic E-state index is 13.0. The first-order chi connectivity index (χ1) is 40.0. The van der Waals surface area contributed by atoms with E-state index in [1.165, 1.54) is 205 Å². The Morgan fingerprint density at radius 2 is 0.481 bits per heavy atom. The van der Waals surface area contributed by atoms with Crippen molar-refractivity contribution in [3.05, 3.63) is 85.1 Å². The monoisotopic (exact) mass is 1130 g/mol. The zero-order chi connectivity index (χ0) is 58.5. The molecule has 6 nitrogen and oxygen atoms in total. The van der Waals surface area contributed by atoms with E-state index in [9.17, 15) is 14.4 Å². The summed E-state index contributed by atoms with van der Waals surface area (Å²) in [5, 5.41) is 0. The van der Waals surface area contributed by atoms with Gasteiger partial charge in [0, 0.05) is 19.3 Å². The Kier molecular flexibility index (Phi) is 66.2. The Bertz CT molecular complexity index is 1530. The minimum atomic E-state index is -0.789. The topological polar surface area (TPSA) is 78.9 Å². The van der Waals surface area contributed by atoms with Crippen LogP contribution in [0.1, 0.15) is 355 Å². The van der Waals surface area contributed by atoms with E-state index in [1.807, 2.05) is 0 Å². The van der Waals surface area contributed by atoms with Gasteiger partial charge in [0.05, 0.1) is 0 Å². The highest BCUT2D eigenvalue weighted by Gasteiger charge is 2.19. The second kappa shape index (κ2) is 69.1. The highest BCUT2D eigenvalue weighted by Crippen LogP contribution is 2.18. The summed E-state index contributed by atoms with van der Waals surface area (Å²) in [5.41, 5.74) is 0. The average Bonchev–Trinajstić information content (AvgIpc) is 3.47. The quantitative estimate of drug-likeness (QED) is 0.0261. The second-order valence-corrected chi connectivity index (χ2v) is 23.4. The summed E-state index contributed by atoms with van der Waals surface area (Å²) in [4.78, 5) is 38.5. The fraction of sp³-hybridized carbons (Fsp3) is 0.773. The van der Waals surface area contributed by atoms with Crippen molar-refractivity contribution in [2.24, 2.45) is 0 Å². The first kappa shape index (κ1) is 77.6. The van der Waals surface area contributed by atoms with Gasteiger partial charge in [0.2, 0.25) is 0 Å². The number of hydrogen-bond acceptors (Lipinski definition) is 6. The molecule has 1 unspecified atom stereocenters. The summed E-state index contributed by atoms with van der Waals surface area (Å²) in [6.45, 7) is 6.56. The van der Waals surface area contributed by atoms with E-state index in [2.05, 4.69) is 106 Å². The van der Waals surface area contributed by atoms with Crippen LogP contribution in [0.5, 0.6) is 0 Å². The van der Waals surface area contributed by atoms with Gasteiger partial charge in [-0.15, -0.1) is 0 Å². The molecule has 0 N–H and O–H groups in total. The Labute approximate surface area is 503 Å². The molecule has 0 fully saturated rings. The molecular weight excluding hydrogens is 997 g/mol. The van der Waals surface area contributed by atoms with Crippen molar-refractivity contribution in [3.63, 3.8) is 0 Å². The van der Waals surface area contributed by atoms with Crippen LogP contribution in [-0.2, 0) is 28.6 Å². The van der Waals surface area contributed by atoms with Gasteiger partial charge in [-0.25, -0.2) is 0 Å². The average molecular weight is 1130 g/mol. The van der Waals surface area contributed by atoms with Crippen molar-refractivity contribution in [1.82, 2.24) is 0 Å². The third kappa shape index (κ3) is 67.3. The smallest absolute Gasteiger partial charge is 0.306 e. The molecule has 0 amide bonds. The van der Waals surface area contributed by atoms with Gasteiger partial charge in [-0.05, 0) is 96.3 Å². The van der Waals surface area contributed by atoms with E-state index in [0.717, 1.165) is 109 Å². The van der Waals surface area contributed by atoms with Crippen molar-refractivity contribution >= 4 is 17.9 Å². The summed E-state index contributed by atoms with van der Waals surface area (Å²) in [6, 6.07) is 0. The van der Waals surface area contributed by atoms with E-state index < -0.39 is 6.10 Å². The van der Waals surface area contributed by atoms with Crippen LogP contribution in [0, 0.1) is 0 Å². The zero-order valence-electron chi connectivity index (χ0n) is 53.8. The molecule has 1 atom stereocenters. The summed E-state index contributed by atoms with van der Waals surface area (Å²) in [5.74, 6) is -0.890.